The van der Waals surface area contributed by atoms with E-state index in [1.165, 1.54) is 32.1 Å². The van der Waals surface area contributed by atoms with Gasteiger partial charge in [0.05, 0.1) is 0 Å². The van der Waals surface area contributed by atoms with Gasteiger partial charge in [0, 0.05) is 30.7 Å². The Morgan fingerprint density at radius 2 is 1.89 bits per heavy atom. The molecule has 3 heteroatoms. The maximum Gasteiger partial charge on any atom is 0.127 e. The molecular formula is C16H23FN2. The van der Waals surface area contributed by atoms with Crippen LogP contribution in [0.2, 0.25) is 0 Å². The zero-order valence-corrected chi connectivity index (χ0v) is 11.4. The zero-order chi connectivity index (χ0) is 13.1. The highest BCUT2D eigenvalue weighted by atomic mass is 19.1. The largest absolute Gasteiger partial charge is 0.310 e. The fourth-order valence-corrected chi connectivity index (χ4v) is 3.11. The summed E-state index contributed by atoms with van der Waals surface area (Å²) in [6.07, 6.45) is 6.54. The van der Waals surface area contributed by atoms with E-state index < -0.39 is 0 Å². The molecule has 2 nitrogen and oxygen atoms in total. The van der Waals surface area contributed by atoms with Crippen LogP contribution in [0.25, 0.3) is 0 Å². The van der Waals surface area contributed by atoms with Gasteiger partial charge in [0.1, 0.15) is 5.82 Å². The molecular weight excluding hydrogens is 239 g/mol. The number of hydrogen-bond acceptors (Lipinski definition) is 2. The quantitative estimate of drug-likeness (QED) is 0.897. The summed E-state index contributed by atoms with van der Waals surface area (Å²) in [6, 6.07) is 8.49. The first-order valence-corrected chi connectivity index (χ1v) is 7.53. The number of nitrogens with zero attached hydrogens (tertiary/aromatic N) is 1. The zero-order valence-electron chi connectivity index (χ0n) is 11.4. The van der Waals surface area contributed by atoms with Gasteiger partial charge < -0.3 is 5.32 Å². The van der Waals surface area contributed by atoms with Crippen molar-refractivity contribution < 1.29 is 4.39 Å². The molecule has 1 aromatic carbocycles. The molecule has 1 atom stereocenters. The fourth-order valence-electron chi connectivity index (χ4n) is 3.11. The third-order valence-corrected chi connectivity index (χ3v) is 4.43. The summed E-state index contributed by atoms with van der Waals surface area (Å²) in [5.74, 6) is -0.0726. The van der Waals surface area contributed by atoms with Gasteiger partial charge in [0.15, 0.2) is 0 Å². The number of piperidine rings is 1. The van der Waals surface area contributed by atoms with Crippen LogP contribution in [-0.2, 0) is 6.54 Å². The Bertz CT molecular complexity index is 417. The molecule has 1 aliphatic carbocycles. The monoisotopic (exact) mass is 262 g/mol. The van der Waals surface area contributed by atoms with Gasteiger partial charge in [0.25, 0.3) is 0 Å². The number of hydrogen-bond donors (Lipinski definition) is 1. The molecule has 1 saturated heterocycles. The first-order chi connectivity index (χ1) is 9.31. The van der Waals surface area contributed by atoms with Crippen molar-refractivity contribution in [3.63, 3.8) is 0 Å². The Hall–Kier alpha value is -0.930. The van der Waals surface area contributed by atoms with Crippen molar-refractivity contribution >= 4 is 0 Å². The Balaban J connectivity index is 1.54. The van der Waals surface area contributed by atoms with Gasteiger partial charge in [-0.25, -0.2) is 4.39 Å². The summed E-state index contributed by atoms with van der Waals surface area (Å²) >= 11 is 0. The minimum absolute atomic E-state index is 0.0726. The van der Waals surface area contributed by atoms with E-state index in [1.807, 2.05) is 12.1 Å². The van der Waals surface area contributed by atoms with Gasteiger partial charge in [-0.2, -0.15) is 0 Å². The summed E-state index contributed by atoms with van der Waals surface area (Å²) < 4.78 is 13.7. The number of rotatable bonds is 4. The topological polar surface area (TPSA) is 15.3 Å². The van der Waals surface area contributed by atoms with Gasteiger partial charge in [0.2, 0.25) is 0 Å². The highest BCUT2D eigenvalue weighted by Crippen LogP contribution is 2.21. The van der Waals surface area contributed by atoms with E-state index in [4.69, 9.17) is 0 Å². The van der Waals surface area contributed by atoms with Crippen LogP contribution in [0.3, 0.4) is 0 Å². The van der Waals surface area contributed by atoms with Gasteiger partial charge in [-0.3, -0.25) is 4.90 Å². The highest BCUT2D eigenvalue weighted by Gasteiger charge is 2.25. The molecule has 3 rings (SSSR count). The molecule has 0 radical (unpaired) electrons. The molecule has 1 saturated carbocycles. The Morgan fingerprint density at radius 1 is 1.11 bits per heavy atom. The van der Waals surface area contributed by atoms with Crippen LogP contribution in [0.5, 0.6) is 0 Å². The van der Waals surface area contributed by atoms with E-state index in [9.17, 15) is 4.39 Å². The lowest BCUT2D eigenvalue weighted by atomic mass is 9.91. The Labute approximate surface area is 115 Å². The van der Waals surface area contributed by atoms with E-state index in [0.29, 0.717) is 6.04 Å². The van der Waals surface area contributed by atoms with Crippen LogP contribution in [0.15, 0.2) is 24.3 Å². The van der Waals surface area contributed by atoms with E-state index >= 15 is 0 Å². The van der Waals surface area contributed by atoms with Crippen LogP contribution in [0, 0.1) is 5.82 Å². The molecule has 1 N–H and O–H groups in total. The predicted molar refractivity (Wildman–Crippen MR) is 75.5 cm³/mol. The normalized spacial score (nSPS) is 25.2. The lowest BCUT2D eigenvalue weighted by molar-refractivity contribution is 0.161. The van der Waals surface area contributed by atoms with E-state index in [-0.39, 0.29) is 5.82 Å². The van der Waals surface area contributed by atoms with Crippen molar-refractivity contribution in [3.8, 4) is 0 Å². The van der Waals surface area contributed by atoms with E-state index in [0.717, 1.165) is 31.2 Å². The second kappa shape index (κ2) is 6.02. The molecule has 1 unspecified atom stereocenters. The second-order valence-electron chi connectivity index (χ2n) is 5.96. The lowest BCUT2D eigenvalue weighted by Crippen LogP contribution is -2.50. The molecule has 1 aromatic rings. The fraction of sp³-hybridized carbons (Fsp3) is 0.625. The summed E-state index contributed by atoms with van der Waals surface area (Å²) in [5, 5.41) is 3.75. The summed E-state index contributed by atoms with van der Waals surface area (Å²) in [4.78, 5) is 2.39. The average molecular weight is 262 g/mol. The first-order valence-electron chi connectivity index (χ1n) is 7.53. The molecule has 1 aliphatic heterocycles. The van der Waals surface area contributed by atoms with Crippen molar-refractivity contribution in [3.05, 3.63) is 35.6 Å². The maximum absolute atomic E-state index is 13.7. The molecule has 0 aromatic heterocycles. The van der Waals surface area contributed by atoms with Crippen LogP contribution in [0.4, 0.5) is 4.39 Å². The van der Waals surface area contributed by atoms with Crippen molar-refractivity contribution in [2.45, 2.75) is 50.7 Å². The van der Waals surface area contributed by atoms with Crippen LogP contribution >= 0.6 is 0 Å². The van der Waals surface area contributed by atoms with E-state index in [2.05, 4.69) is 10.2 Å². The van der Waals surface area contributed by atoms with Crippen LogP contribution < -0.4 is 5.32 Å². The second-order valence-corrected chi connectivity index (χ2v) is 5.96. The van der Waals surface area contributed by atoms with Crippen LogP contribution in [-0.4, -0.2) is 30.1 Å². The van der Waals surface area contributed by atoms with Gasteiger partial charge in [-0.05, 0) is 38.3 Å². The van der Waals surface area contributed by atoms with Crippen molar-refractivity contribution in [1.82, 2.24) is 10.2 Å². The maximum atomic E-state index is 13.7. The SMILES string of the molecule is Fc1ccccc1CN1CCCC(NC2CCC2)C1. The molecule has 0 bridgehead atoms. The molecule has 2 fully saturated rings. The van der Waals surface area contributed by atoms with Crippen molar-refractivity contribution in [1.29, 1.82) is 0 Å². The number of benzene rings is 1. The first kappa shape index (κ1) is 13.1. The Kier molecular flexibility index (Phi) is 4.14. The van der Waals surface area contributed by atoms with E-state index in [1.54, 1.807) is 12.1 Å². The number of halogens is 1. The standard InChI is InChI=1S/C16H23FN2/c17-16-9-2-1-5-13(16)11-19-10-4-8-15(12-19)18-14-6-3-7-14/h1-2,5,9,14-15,18H,3-4,6-8,10-12H2. The van der Waals surface area contributed by atoms with Crippen molar-refractivity contribution in [2.75, 3.05) is 13.1 Å². The molecule has 1 heterocycles. The average Bonchev–Trinajstić information content (AvgIpc) is 2.37. The molecule has 2 aliphatic rings. The molecule has 104 valence electrons. The minimum atomic E-state index is -0.0726. The third kappa shape index (κ3) is 3.34. The Morgan fingerprint density at radius 3 is 2.63 bits per heavy atom. The molecule has 19 heavy (non-hydrogen) atoms. The molecule has 0 spiro atoms. The molecule has 0 amide bonds. The number of nitrogens with one attached hydrogen (secondary N) is 1. The van der Waals surface area contributed by atoms with Gasteiger partial charge in [-0.1, -0.05) is 24.6 Å². The number of likely N-dealkylation sites (tertiary alicyclic amines) is 1. The highest BCUT2D eigenvalue weighted by molar-refractivity contribution is 5.17. The third-order valence-electron chi connectivity index (χ3n) is 4.43. The smallest absolute Gasteiger partial charge is 0.127 e. The minimum Gasteiger partial charge on any atom is -0.310 e. The lowest BCUT2D eigenvalue weighted by Gasteiger charge is -2.38. The summed E-state index contributed by atoms with van der Waals surface area (Å²) in [7, 11) is 0. The summed E-state index contributed by atoms with van der Waals surface area (Å²) in [5.41, 5.74) is 0.826. The van der Waals surface area contributed by atoms with Gasteiger partial charge >= 0.3 is 0 Å². The van der Waals surface area contributed by atoms with Crippen LogP contribution in [0.1, 0.15) is 37.7 Å². The predicted octanol–water partition coefficient (Wildman–Crippen LogP) is 2.93. The van der Waals surface area contributed by atoms with Gasteiger partial charge in [-0.15, -0.1) is 0 Å². The summed E-state index contributed by atoms with van der Waals surface area (Å²) in [6.45, 7) is 2.90. The van der Waals surface area contributed by atoms with Crippen molar-refractivity contribution in [2.24, 2.45) is 0 Å².